The van der Waals surface area contributed by atoms with E-state index in [1.54, 1.807) is 5.57 Å². The van der Waals surface area contributed by atoms with Gasteiger partial charge in [-0.1, -0.05) is 70.8 Å². The van der Waals surface area contributed by atoms with E-state index in [0.717, 1.165) is 42.9 Å². The summed E-state index contributed by atoms with van der Waals surface area (Å²) in [4.78, 5) is 0. The second kappa shape index (κ2) is 9.33. The molecular formula is C27H44O. The number of aliphatic hydroxyl groups is 1. The summed E-state index contributed by atoms with van der Waals surface area (Å²) >= 11 is 0. The number of hydrogen-bond acceptors (Lipinski definition) is 1. The molecule has 0 aromatic heterocycles. The van der Waals surface area contributed by atoms with Crippen molar-refractivity contribution in [2.24, 2.45) is 29.1 Å². The molecule has 0 heterocycles. The number of fused-ring (bicyclic) bond motifs is 1. The molecule has 0 spiro atoms. The molecule has 1 nitrogen and oxygen atoms in total. The quantitative estimate of drug-likeness (QED) is 0.478. The molecule has 3 aliphatic rings. The van der Waals surface area contributed by atoms with Crippen molar-refractivity contribution in [1.82, 2.24) is 0 Å². The van der Waals surface area contributed by atoms with Gasteiger partial charge in [0.1, 0.15) is 0 Å². The summed E-state index contributed by atoms with van der Waals surface area (Å²) in [6, 6.07) is 0. The lowest BCUT2D eigenvalue weighted by atomic mass is 9.62. The predicted molar refractivity (Wildman–Crippen MR) is 121 cm³/mol. The Morgan fingerprint density at radius 1 is 1.14 bits per heavy atom. The maximum Gasteiger partial charge on any atom is 0.0583 e. The maximum absolute atomic E-state index is 10.0. The Labute approximate surface area is 174 Å². The molecule has 1 saturated carbocycles. The number of rotatable bonds is 7. The van der Waals surface area contributed by atoms with Crippen LogP contribution in [0, 0.1) is 29.1 Å². The first-order chi connectivity index (χ1) is 13.3. The van der Waals surface area contributed by atoms with Crippen LogP contribution in [0.4, 0.5) is 0 Å². The van der Waals surface area contributed by atoms with Crippen molar-refractivity contribution in [3.63, 3.8) is 0 Å². The van der Waals surface area contributed by atoms with Gasteiger partial charge in [0.25, 0.3) is 0 Å². The van der Waals surface area contributed by atoms with Gasteiger partial charge in [0.05, 0.1) is 6.10 Å². The van der Waals surface area contributed by atoms with E-state index >= 15 is 0 Å². The average Bonchev–Trinajstić information content (AvgIpc) is 2.99. The van der Waals surface area contributed by atoms with Crippen LogP contribution in [0.3, 0.4) is 0 Å². The van der Waals surface area contributed by atoms with Crippen LogP contribution in [0.5, 0.6) is 0 Å². The summed E-state index contributed by atoms with van der Waals surface area (Å²) in [5, 5.41) is 10.0. The third-order valence-corrected chi connectivity index (χ3v) is 8.34. The minimum atomic E-state index is -0.142. The lowest BCUT2D eigenvalue weighted by molar-refractivity contribution is 0.107. The highest BCUT2D eigenvalue weighted by molar-refractivity contribution is 5.36. The van der Waals surface area contributed by atoms with Crippen molar-refractivity contribution in [3.8, 4) is 0 Å². The molecule has 158 valence electrons. The Bertz CT molecular complexity index is 622. The molecular weight excluding hydrogens is 340 g/mol. The van der Waals surface area contributed by atoms with Crippen LogP contribution in [0.2, 0.25) is 0 Å². The van der Waals surface area contributed by atoms with Crippen molar-refractivity contribution in [2.75, 3.05) is 0 Å². The van der Waals surface area contributed by atoms with Gasteiger partial charge < -0.3 is 5.11 Å². The third kappa shape index (κ3) is 4.84. The molecule has 3 aliphatic carbocycles. The van der Waals surface area contributed by atoms with E-state index in [2.05, 4.69) is 52.8 Å². The minimum Gasteiger partial charge on any atom is -0.393 e. The second-order valence-corrected chi connectivity index (χ2v) is 10.8. The molecule has 0 bridgehead atoms. The topological polar surface area (TPSA) is 20.2 Å². The van der Waals surface area contributed by atoms with Crippen LogP contribution < -0.4 is 0 Å². The number of aliphatic hydroxyl groups excluding tert-OH is 1. The van der Waals surface area contributed by atoms with Gasteiger partial charge in [-0.15, -0.1) is 0 Å². The molecule has 0 aromatic rings. The van der Waals surface area contributed by atoms with Crippen LogP contribution in [0.25, 0.3) is 0 Å². The van der Waals surface area contributed by atoms with Crippen molar-refractivity contribution in [1.29, 1.82) is 0 Å². The minimum absolute atomic E-state index is 0.142. The monoisotopic (exact) mass is 384 g/mol. The van der Waals surface area contributed by atoms with Gasteiger partial charge in [0, 0.05) is 0 Å². The SMILES string of the molecule is CC1=C(/C=C\C2=CCCC3(C)C2CCC3C(C)CCCC(C)C)CC(O)CC1. The normalized spacial score (nSPS) is 34.8. The van der Waals surface area contributed by atoms with E-state index in [9.17, 15) is 5.11 Å². The third-order valence-electron chi connectivity index (χ3n) is 8.34. The lowest BCUT2D eigenvalue weighted by Crippen LogP contribution is -2.35. The smallest absolute Gasteiger partial charge is 0.0583 e. The standard InChI is InChI=1S/C27H44O/c1-19(2)8-6-9-21(4)25-15-16-26-22(10-7-17-27(25,26)5)12-13-23-18-24(28)14-11-20(23)3/h10,12-13,19,21,24-26,28H,6-9,11,14-18H2,1-5H3/b13-12-. The van der Waals surface area contributed by atoms with Gasteiger partial charge >= 0.3 is 0 Å². The van der Waals surface area contributed by atoms with E-state index in [-0.39, 0.29) is 6.10 Å². The second-order valence-electron chi connectivity index (χ2n) is 10.8. The lowest BCUT2D eigenvalue weighted by Gasteiger charge is -2.43. The molecule has 0 saturated heterocycles. The first kappa shape index (κ1) is 21.9. The van der Waals surface area contributed by atoms with Crippen LogP contribution in [0.15, 0.2) is 34.9 Å². The highest BCUT2D eigenvalue weighted by Crippen LogP contribution is 2.58. The fraction of sp³-hybridized carbons (Fsp3) is 0.778. The Hall–Kier alpha value is -0.820. The summed E-state index contributed by atoms with van der Waals surface area (Å²) in [6.45, 7) is 12.1. The highest BCUT2D eigenvalue weighted by atomic mass is 16.3. The first-order valence-corrected chi connectivity index (χ1v) is 12.1. The van der Waals surface area contributed by atoms with E-state index < -0.39 is 0 Å². The van der Waals surface area contributed by atoms with Crippen LogP contribution in [-0.2, 0) is 0 Å². The highest BCUT2D eigenvalue weighted by Gasteiger charge is 2.49. The zero-order valence-electron chi connectivity index (χ0n) is 19.1. The van der Waals surface area contributed by atoms with Crippen LogP contribution >= 0.6 is 0 Å². The summed E-state index contributed by atoms with van der Waals surface area (Å²) < 4.78 is 0. The zero-order valence-corrected chi connectivity index (χ0v) is 19.1. The van der Waals surface area contributed by atoms with E-state index in [1.807, 2.05) is 0 Å². The van der Waals surface area contributed by atoms with Crippen LogP contribution in [0.1, 0.15) is 98.8 Å². The Balaban J connectivity index is 1.67. The van der Waals surface area contributed by atoms with E-state index in [1.165, 1.54) is 56.1 Å². The number of hydrogen-bond donors (Lipinski definition) is 1. The van der Waals surface area contributed by atoms with Gasteiger partial charge in [-0.05, 0) is 92.1 Å². The molecule has 0 radical (unpaired) electrons. The maximum atomic E-state index is 10.0. The molecule has 5 atom stereocenters. The molecule has 1 N–H and O–H groups in total. The van der Waals surface area contributed by atoms with Gasteiger partial charge in [-0.2, -0.15) is 0 Å². The Morgan fingerprint density at radius 3 is 2.68 bits per heavy atom. The fourth-order valence-corrected chi connectivity index (χ4v) is 6.51. The molecule has 3 rings (SSSR count). The molecule has 1 fully saturated rings. The summed E-state index contributed by atoms with van der Waals surface area (Å²) in [5.74, 6) is 3.32. The van der Waals surface area contributed by atoms with Gasteiger partial charge in [0.2, 0.25) is 0 Å². The van der Waals surface area contributed by atoms with Gasteiger partial charge in [-0.25, -0.2) is 0 Å². The predicted octanol–water partition coefficient (Wildman–Crippen LogP) is 7.62. The summed E-state index contributed by atoms with van der Waals surface area (Å²) in [7, 11) is 0. The summed E-state index contributed by atoms with van der Waals surface area (Å²) in [6.07, 6.45) is 19.5. The van der Waals surface area contributed by atoms with E-state index in [0.29, 0.717) is 5.41 Å². The van der Waals surface area contributed by atoms with Crippen molar-refractivity contribution in [2.45, 2.75) is 105 Å². The van der Waals surface area contributed by atoms with Crippen LogP contribution in [-0.4, -0.2) is 11.2 Å². The first-order valence-electron chi connectivity index (χ1n) is 12.1. The van der Waals surface area contributed by atoms with Gasteiger partial charge in [-0.3, -0.25) is 0 Å². The van der Waals surface area contributed by atoms with Gasteiger partial charge in [0.15, 0.2) is 0 Å². The molecule has 0 aliphatic heterocycles. The molecule has 5 unspecified atom stereocenters. The summed E-state index contributed by atoms with van der Waals surface area (Å²) in [5.41, 5.74) is 4.93. The largest absolute Gasteiger partial charge is 0.393 e. The molecule has 1 heteroatoms. The fourth-order valence-electron chi connectivity index (χ4n) is 6.51. The zero-order chi connectivity index (χ0) is 20.3. The average molecular weight is 385 g/mol. The Morgan fingerprint density at radius 2 is 1.93 bits per heavy atom. The van der Waals surface area contributed by atoms with Crippen molar-refractivity contribution >= 4 is 0 Å². The number of allylic oxidation sites excluding steroid dienone is 5. The molecule has 0 amide bonds. The van der Waals surface area contributed by atoms with Crippen molar-refractivity contribution in [3.05, 3.63) is 34.9 Å². The molecule has 0 aromatic carbocycles. The van der Waals surface area contributed by atoms with Crippen molar-refractivity contribution < 1.29 is 5.11 Å². The van der Waals surface area contributed by atoms with E-state index in [4.69, 9.17) is 0 Å². The Kier molecular flexibility index (Phi) is 7.29. The molecule has 28 heavy (non-hydrogen) atoms.